The molecule has 0 fully saturated rings. The van der Waals surface area contributed by atoms with Gasteiger partial charge in [0, 0.05) is 24.3 Å². The molecule has 0 bridgehead atoms. The second-order valence-electron chi connectivity index (χ2n) is 4.75. The molecule has 0 aliphatic carbocycles. The molecule has 3 heteroatoms. The standard InChI is InChI=1S/C16H20N2O/c1-12(2)18-11-13-7-4-5-8-14(13)16-15(19-3)9-6-10-17-16/h4-10,12,18H,11H2,1-3H3. The maximum Gasteiger partial charge on any atom is 0.145 e. The van der Waals surface area contributed by atoms with Crippen molar-refractivity contribution in [2.75, 3.05) is 7.11 Å². The fourth-order valence-electron chi connectivity index (χ4n) is 1.98. The van der Waals surface area contributed by atoms with Crippen LogP contribution in [0.15, 0.2) is 42.6 Å². The van der Waals surface area contributed by atoms with Gasteiger partial charge in [-0.1, -0.05) is 38.1 Å². The third kappa shape index (κ3) is 3.32. The molecule has 1 N–H and O–H groups in total. The van der Waals surface area contributed by atoms with Gasteiger partial charge in [-0.25, -0.2) is 0 Å². The molecule has 0 aliphatic rings. The molecule has 100 valence electrons. The van der Waals surface area contributed by atoms with Gasteiger partial charge in [0.15, 0.2) is 0 Å². The quantitative estimate of drug-likeness (QED) is 0.891. The molecule has 1 heterocycles. The number of ether oxygens (including phenoxy) is 1. The molecule has 0 spiro atoms. The van der Waals surface area contributed by atoms with Crippen LogP contribution in [-0.4, -0.2) is 18.1 Å². The maximum absolute atomic E-state index is 5.40. The van der Waals surface area contributed by atoms with Gasteiger partial charge in [-0.3, -0.25) is 4.98 Å². The maximum atomic E-state index is 5.40. The Morgan fingerprint density at radius 3 is 2.68 bits per heavy atom. The number of benzene rings is 1. The van der Waals surface area contributed by atoms with E-state index in [4.69, 9.17) is 4.74 Å². The Morgan fingerprint density at radius 1 is 1.16 bits per heavy atom. The second-order valence-corrected chi connectivity index (χ2v) is 4.75. The summed E-state index contributed by atoms with van der Waals surface area (Å²) in [5, 5.41) is 3.44. The number of aromatic nitrogens is 1. The summed E-state index contributed by atoms with van der Waals surface area (Å²) in [6.07, 6.45) is 1.80. The zero-order valence-corrected chi connectivity index (χ0v) is 11.7. The summed E-state index contributed by atoms with van der Waals surface area (Å²) in [7, 11) is 1.68. The minimum absolute atomic E-state index is 0.457. The van der Waals surface area contributed by atoms with Crippen molar-refractivity contribution in [1.82, 2.24) is 10.3 Å². The summed E-state index contributed by atoms with van der Waals surface area (Å²) in [5.41, 5.74) is 3.24. The predicted octanol–water partition coefficient (Wildman–Crippen LogP) is 3.26. The Kier molecular flexibility index (Phi) is 4.53. The predicted molar refractivity (Wildman–Crippen MR) is 78.2 cm³/mol. The molecule has 0 unspecified atom stereocenters. The fourth-order valence-corrected chi connectivity index (χ4v) is 1.98. The zero-order chi connectivity index (χ0) is 13.7. The molecule has 0 atom stereocenters. The van der Waals surface area contributed by atoms with Gasteiger partial charge in [0.1, 0.15) is 11.4 Å². The van der Waals surface area contributed by atoms with E-state index in [-0.39, 0.29) is 0 Å². The Balaban J connectivity index is 2.38. The monoisotopic (exact) mass is 256 g/mol. The zero-order valence-electron chi connectivity index (χ0n) is 11.7. The third-order valence-corrected chi connectivity index (χ3v) is 2.96. The van der Waals surface area contributed by atoms with Gasteiger partial charge in [-0.15, -0.1) is 0 Å². The molecule has 19 heavy (non-hydrogen) atoms. The highest BCUT2D eigenvalue weighted by Crippen LogP contribution is 2.29. The van der Waals surface area contributed by atoms with E-state index in [9.17, 15) is 0 Å². The van der Waals surface area contributed by atoms with Gasteiger partial charge in [-0.2, -0.15) is 0 Å². The van der Waals surface area contributed by atoms with Crippen LogP contribution in [0.4, 0.5) is 0 Å². The summed E-state index contributed by atoms with van der Waals surface area (Å²) in [6.45, 7) is 5.11. The third-order valence-electron chi connectivity index (χ3n) is 2.96. The number of pyridine rings is 1. The van der Waals surface area contributed by atoms with Crippen molar-refractivity contribution in [3.05, 3.63) is 48.2 Å². The summed E-state index contributed by atoms with van der Waals surface area (Å²) in [5.74, 6) is 0.805. The van der Waals surface area contributed by atoms with E-state index >= 15 is 0 Å². The first-order valence-corrected chi connectivity index (χ1v) is 6.53. The van der Waals surface area contributed by atoms with Crippen molar-refractivity contribution in [2.24, 2.45) is 0 Å². The fraction of sp³-hybridized carbons (Fsp3) is 0.312. The van der Waals surface area contributed by atoms with Crippen molar-refractivity contribution >= 4 is 0 Å². The summed E-state index contributed by atoms with van der Waals surface area (Å²) >= 11 is 0. The lowest BCUT2D eigenvalue weighted by Crippen LogP contribution is -2.22. The Hall–Kier alpha value is -1.87. The SMILES string of the molecule is COc1cccnc1-c1ccccc1CNC(C)C. The van der Waals surface area contributed by atoms with E-state index in [1.54, 1.807) is 13.3 Å². The Labute approximate surface area is 114 Å². The van der Waals surface area contributed by atoms with Gasteiger partial charge in [0.2, 0.25) is 0 Å². The van der Waals surface area contributed by atoms with Crippen LogP contribution in [0.25, 0.3) is 11.3 Å². The van der Waals surface area contributed by atoms with Crippen LogP contribution < -0.4 is 10.1 Å². The van der Waals surface area contributed by atoms with E-state index in [0.717, 1.165) is 23.6 Å². The first-order chi connectivity index (χ1) is 9.22. The molecule has 2 rings (SSSR count). The molecule has 0 radical (unpaired) electrons. The number of nitrogens with one attached hydrogen (secondary N) is 1. The molecule has 0 amide bonds. The molecule has 1 aromatic heterocycles. The number of hydrogen-bond acceptors (Lipinski definition) is 3. The van der Waals surface area contributed by atoms with Gasteiger partial charge in [0.05, 0.1) is 7.11 Å². The summed E-state index contributed by atoms with van der Waals surface area (Å²) in [4.78, 5) is 4.45. The van der Waals surface area contributed by atoms with Crippen LogP contribution in [-0.2, 0) is 6.54 Å². The van der Waals surface area contributed by atoms with E-state index in [1.807, 2.05) is 18.2 Å². The smallest absolute Gasteiger partial charge is 0.145 e. The van der Waals surface area contributed by atoms with Crippen LogP contribution in [0.2, 0.25) is 0 Å². The van der Waals surface area contributed by atoms with E-state index in [0.29, 0.717) is 6.04 Å². The first-order valence-electron chi connectivity index (χ1n) is 6.53. The molecule has 3 nitrogen and oxygen atoms in total. The van der Waals surface area contributed by atoms with Crippen molar-refractivity contribution in [1.29, 1.82) is 0 Å². The normalized spacial score (nSPS) is 10.7. The van der Waals surface area contributed by atoms with Crippen molar-refractivity contribution < 1.29 is 4.74 Å². The van der Waals surface area contributed by atoms with Gasteiger partial charge >= 0.3 is 0 Å². The molecule has 0 aliphatic heterocycles. The van der Waals surface area contributed by atoms with Crippen molar-refractivity contribution in [3.8, 4) is 17.0 Å². The van der Waals surface area contributed by atoms with Crippen LogP contribution in [0.1, 0.15) is 19.4 Å². The van der Waals surface area contributed by atoms with E-state index < -0.39 is 0 Å². The minimum Gasteiger partial charge on any atom is -0.494 e. The number of rotatable bonds is 5. The number of methoxy groups -OCH3 is 1. The van der Waals surface area contributed by atoms with Crippen molar-refractivity contribution in [3.63, 3.8) is 0 Å². The summed E-state index contributed by atoms with van der Waals surface area (Å²) in [6, 6.07) is 12.6. The average Bonchev–Trinajstić information content (AvgIpc) is 2.45. The molecule has 2 aromatic rings. The molecule has 0 saturated carbocycles. The molecule has 1 aromatic carbocycles. The lowest BCUT2D eigenvalue weighted by atomic mass is 10.0. The van der Waals surface area contributed by atoms with Crippen LogP contribution >= 0.6 is 0 Å². The Morgan fingerprint density at radius 2 is 1.95 bits per heavy atom. The number of nitrogens with zero attached hydrogens (tertiary/aromatic N) is 1. The highest BCUT2D eigenvalue weighted by molar-refractivity contribution is 5.69. The van der Waals surface area contributed by atoms with Gasteiger partial charge in [0.25, 0.3) is 0 Å². The van der Waals surface area contributed by atoms with Crippen LogP contribution in [0.3, 0.4) is 0 Å². The molecular formula is C16H20N2O. The topological polar surface area (TPSA) is 34.1 Å². The highest BCUT2D eigenvalue weighted by Gasteiger charge is 2.10. The van der Waals surface area contributed by atoms with Gasteiger partial charge < -0.3 is 10.1 Å². The lowest BCUT2D eigenvalue weighted by Gasteiger charge is -2.14. The van der Waals surface area contributed by atoms with Crippen LogP contribution in [0.5, 0.6) is 5.75 Å². The van der Waals surface area contributed by atoms with Crippen LogP contribution in [0, 0.1) is 0 Å². The lowest BCUT2D eigenvalue weighted by molar-refractivity contribution is 0.414. The van der Waals surface area contributed by atoms with E-state index in [2.05, 4.69) is 42.3 Å². The second kappa shape index (κ2) is 6.34. The first kappa shape index (κ1) is 13.6. The van der Waals surface area contributed by atoms with Crippen molar-refractivity contribution in [2.45, 2.75) is 26.4 Å². The minimum atomic E-state index is 0.457. The Bertz CT molecular complexity index is 538. The van der Waals surface area contributed by atoms with Gasteiger partial charge in [-0.05, 0) is 17.7 Å². The number of hydrogen-bond donors (Lipinski definition) is 1. The van der Waals surface area contributed by atoms with E-state index in [1.165, 1.54) is 5.56 Å². The highest BCUT2D eigenvalue weighted by atomic mass is 16.5. The molecule has 0 saturated heterocycles. The largest absolute Gasteiger partial charge is 0.494 e. The molecular weight excluding hydrogens is 236 g/mol. The average molecular weight is 256 g/mol. The summed E-state index contributed by atoms with van der Waals surface area (Å²) < 4.78 is 5.40.